The van der Waals surface area contributed by atoms with E-state index in [2.05, 4.69) is 68.1 Å². The highest BCUT2D eigenvalue weighted by Crippen LogP contribution is 2.66. The van der Waals surface area contributed by atoms with Crippen LogP contribution >= 0.6 is 0 Å². The van der Waals surface area contributed by atoms with Gasteiger partial charge in [-0.15, -0.1) is 5.92 Å². The van der Waals surface area contributed by atoms with Crippen molar-refractivity contribution in [2.75, 3.05) is 19.0 Å². The molecule has 0 bridgehead atoms. The highest BCUT2D eigenvalue weighted by atomic mass is 16.3. The minimum atomic E-state index is -0.899. The Morgan fingerprint density at radius 1 is 1.06 bits per heavy atom. The van der Waals surface area contributed by atoms with Crippen LogP contribution < -0.4 is 4.90 Å². The normalized spacial score (nSPS) is 38.1. The number of allylic oxidation sites excluding steroid dienone is 3. The van der Waals surface area contributed by atoms with Crippen molar-refractivity contribution in [1.82, 2.24) is 0 Å². The van der Waals surface area contributed by atoms with Crippen molar-refractivity contribution in [3.8, 4) is 11.8 Å². The Labute approximate surface area is 193 Å². The fraction of sp³-hybridized carbons (Fsp3) is 0.586. The second kappa shape index (κ2) is 7.79. The zero-order valence-corrected chi connectivity index (χ0v) is 20.0. The van der Waals surface area contributed by atoms with Crippen LogP contribution in [0, 0.1) is 29.1 Å². The summed E-state index contributed by atoms with van der Waals surface area (Å²) in [7, 11) is 4.16. The van der Waals surface area contributed by atoms with Gasteiger partial charge < -0.3 is 15.1 Å². The van der Waals surface area contributed by atoms with Gasteiger partial charge in [0.25, 0.3) is 0 Å². The van der Waals surface area contributed by atoms with Gasteiger partial charge in [0.15, 0.2) is 0 Å². The fourth-order valence-corrected chi connectivity index (χ4v) is 7.50. The monoisotopic (exact) mass is 431 g/mol. The number of aliphatic hydroxyl groups excluding tert-OH is 1. The first kappa shape index (κ1) is 21.8. The minimum absolute atomic E-state index is 0.203. The Morgan fingerprint density at radius 3 is 2.50 bits per heavy atom. The smallest absolute Gasteiger partial charge is 0.131 e. The number of fused-ring (bicyclic) bond motifs is 4. The topological polar surface area (TPSA) is 43.7 Å². The molecule has 0 spiro atoms. The van der Waals surface area contributed by atoms with Crippen LogP contribution in [0.15, 0.2) is 47.1 Å². The van der Waals surface area contributed by atoms with E-state index in [1.807, 2.05) is 6.92 Å². The van der Waals surface area contributed by atoms with E-state index in [-0.39, 0.29) is 11.5 Å². The van der Waals surface area contributed by atoms with E-state index in [1.165, 1.54) is 22.4 Å². The van der Waals surface area contributed by atoms with Crippen molar-refractivity contribution in [3.05, 3.63) is 52.6 Å². The Morgan fingerprint density at radius 2 is 1.81 bits per heavy atom. The molecule has 0 radical (unpaired) electrons. The number of anilines is 1. The van der Waals surface area contributed by atoms with Gasteiger partial charge in [0.1, 0.15) is 5.60 Å². The molecule has 4 aliphatic carbocycles. The van der Waals surface area contributed by atoms with Crippen LogP contribution in [-0.4, -0.2) is 36.0 Å². The summed E-state index contributed by atoms with van der Waals surface area (Å²) in [5.41, 5.74) is 5.98. The lowest BCUT2D eigenvalue weighted by molar-refractivity contribution is -0.0514. The lowest BCUT2D eigenvalue weighted by Gasteiger charge is -2.54. The third-order valence-electron chi connectivity index (χ3n) is 9.16. The average molecular weight is 432 g/mol. The third kappa shape index (κ3) is 3.18. The molecule has 6 atom stereocenters. The number of rotatable bonds is 2. The van der Waals surface area contributed by atoms with Gasteiger partial charge >= 0.3 is 0 Å². The minimum Gasteiger partial charge on any atom is -0.389 e. The van der Waals surface area contributed by atoms with Crippen LogP contribution in [0.25, 0.3) is 0 Å². The van der Waals surface area contributed by atoms with E-state index in [9.17, 15) is 10.2 Å². The number of nitrogens with zero attached hydrogens (tertiary/aromatic N) is 1. The molecule has 4 aliphatic rings. The lowest BCUT2D eigenvalue weighted by Crippen LogP contribution is -2.51. The molecule has 170 valence electrons. The number of benzene rings is 1. The molecule has 2 fully saturated rings. The molecule has 3 unspecified atom stereocenters. The number of hydrogen-bond donors (Lipinski definition) is 2. The molecule has 0 saturated heterocycles. The molecule has 1 aromatic carbocycles. The van der Waals surface area contributed by atoms with Gasteiger partial charge in [-0.25, -0.2) is 0 Å². The van der Waals surface area contributed by atoms with Crippen LogP contribution in [0.2, 0.25) is 0 Å². The summed E-state index contributed by atoms with van der Waals surface area (Å²) in [5, 5.41) is 22.0. The molecule has 5 rings (SSSR count). The molecular formula is C29H37NO2. The highest BCUT2D eigenvalue weighted by molar-refractivity contribution is 5.52. The van der Waals surface area contributed by atoms with Crippen molar-refractivity contribution in [3.63, 3.8) is 0 Å². The van der Waals surface area contributed by atoms with Gasteiger partial charge in [-0.3, -0.25) is 0 Å². The van der Waals surface area contributed by atoms with Crippen LogP contribution in [0.3, 0.4) is 0 Å². The van der Waals surface area contributed by atoms with Crippen molar-refractivity contribution in [1.29, 1.82) is 0 Å². The van der Waals surface area contributed by atoms with Crippen LogP contribution in [0.4, 0.5) is 5.69 Å². The van der Waals surface area contributed by atoms with Crippen LogP contribution in [0.1, 0.15) is 70.3 Å². The summed E-state index contributed by atoms with van der Waals surface area (Å²) >= 11 is 0. The summed E-state index contributed by atoms with van der Waals surface area (Å²) in [6.07, 6.45) is 8.58. The first-order valence-electron chi connectivity index (χ1n) is 12.3. The Hall–Kier alpha value is -2.02. The van der Waals surface area contributed by atoms with E-state index in [4.69, 9.17) is 0 Å². The molecule has 3 heteroatoms. The number of aliphatic hydroxyl groups is 2. The second-order valence-corrected chi connectivity index (χ2v) is 10.9. The summed E-state index contributed by atoms with van der Waals surface area (Å²) in [5.74, 6) is 7.58. The SMILES string of the molecule is CC#C[C@]1(O)CCC2C3CCC4=C[C@H](O)CCC4=C3C(c3ccc(N(C)C)cc3)C[C@@]21C. The predicted octanol–water partition coefficient (Wildman–Crippen LogP) is 5.20. The highest BCUT2D eigenvalue weighted by Gasteiger charge is 2.62. The Bertz CT molecular complexity index is 1020. The van der Waals surface area contributed by atoms with Gasteiger partial charge in [0.2, 0.25) is 0 Å². The standard InChI is InChI=1S/C29H37NO2/c1-5-15-29(32)16-14-26-24-12-8-20-17-22(31)11-13-23(20)27(24)25(18-28(26,29)2)19-6-9-21(10-7-19)30(3)4/h6-7,9-10,17,22,24-26,31-32H,8,11-14,16,18H2,1-4H3/t22-,24?,25?,26?,28+,29+/m1/s1. The van der Waals surface area contributed by atoms with E-state index < -0.39 is 5.60 Å². The van der Waals surface area contributed by atoms with E-state index in [0.717, 1.165) is 44.9 Å². The van der Waals surface area contributed by atoms with Gasteiger partial charge in [0, 0.05) is 31.1 Å². The van der Waals surface area contributed by atoms with Crippen LogP contribution in [0.5, 0.6) is 0 Å². The molecule has 3 nitrogen and oxygen atoms in total. The molecule has 0 aromatic heterocycles. The third-order valence-corrected chi connectivity index (χ3v) is 9.16. The van der Waals surface area contributed by atoms with Crippen molar-refractivity contribution < 1.29 is 10.2 Å². The average Bonchev–Trinajstić information content (AvgIpc) is 3.03. The van der Waals surface area contributed by atoms with Gasteiger partial charge in [-0.05, 0) is 92.5 Å². The van der Waals surface area contributed by atoms with Crippen molar-refractivity contribution in [2.24, 2.45) is 17.3 Å². The second-order valence-electron chi connectivity index (χ2n) is 10.9. The van der Waals surface area contributed by atoms with Crippen LogP contribution in [-0.2, 0) is 0 Å². The van der Waals surface area contributed by atoms with E-state index in [1.54, 1.807) is 5.57 Å². The van der Waals surface area contributed by atoms with Gasteiger partial charge in [-0.2, -0.15) is 0 Å². The molecular weight excluding hydrogens is 394 g/mol. The fourth-order valence-electron chi connectivity index (χ4n) is 7.50. The zero-order chi connectivity index (χ0) is 22.7. The van der Waals surface area contributed by atoms with Gasteiger partial charge in [-0.1, -0.05) is 36.6 Å². The summed E-state index contributed by atoms with van der Waals surface area (Å²) in [6, 6.07) is 9.04. The van der Waals surface area contributed by atoms with Crippen molar-refractivity contribution >= 4 is 5.69 Å². The maximum atomic E-state index is 11.7. The molecule has 1 aromatic rings. The molecule has 0 amide bonds. The Kier molecular flexibility index (Phi) is 5.31. The maximum Gasteiger partial charge on any atom is 0.131 e. The maximum absolute atomic E-state index is 11.7. The molecule has 2 saturated carbocycles. The molecule has 2 N–H and O–H groups in total. The largest absolute Gasteiger partial charge is 0.389 e. The first-order valence-corrected chi connectivity index (χ1v) is 12.3. The zero-order valence-electron chi connectivity index (χ0n) is 20.0. The quantitative estimate of drug-likeness (QED) is 0.633. The molecule has 0 aliphatic heterocycles. The summed E-state index contributed by atoms with van der Waals surface area (Å²) in [4.78, 5) is 2.14. The Balaban J connectivity index is 1.66. The van der Waals surface area contributed by atoms with E-state index in [0.29, 0.717) is 17.8 Å². The molecule has 32 heavy (non-hydrogen) atoms. The summed E-state index contributed by atoms with van der Waals surface area (Å²) < 4.78 is 0. The summed E-state index contributed by atoms with van der Waals surface area (Å²) in [6.45, 7) is 4.17. The lowest BCUT2D eigenvalue weighted by atomic mass is 9.51. The van der Waals surface area contributed by atoms with E-state index >= 15 is 0 Å². The molecule has 0 heterocycles. The van der Waals surface area contributed by atoms with Gasteiger partial charge in [0.05, 0.1) is 6.10 Å². The van der Waals surface area contributed by atoms with Crippen molar-refractivity contribution in [2.45, 2.75) is 76.4 Å². The number of hydrogen-bond acceptors (Lipinski definition) is 3. The first-order chi connectivity index (χ1) is 15.3. The predicted molar refractivity (Wildman–Crippen MR) is 130 cm³/mol.